The van der Waals surface area contributed by atoms with E-state index in [1.165, 1.54) is 4.68 Å². The number of carbonyl (C=O) groups excluding carboxylic acids is 1. The number of aromatic amines is 1. The highest BCUT2D eigenvalue weighted by Gasteiger charge is 2.45. The monoisotopic (exact) mass is 684 g/mol. The van der Waals surface area contributed by atoms with E-state index in [0.29, 0.717) is 11.5 Å². The van der Waals surface area contributed by atoms with E-state index >= 15 is 0 Å². The van der Waals surface area contributed by atoms with E-state index in [-0.39, 0.29) is 11.4 Å². The summed E-state index contributed by atoms with van der Waals surface area (Å²) in [5.41, 5.74) is 9.88. The fourth-order valence-corrected chi connectivity index (χ4v) is 6.55. The Kier molecular flexibility index (Phi) is 7.81. The van der Waals surface area contributed by atoms with Gasteiger partial charge in [-0.2, -0.15) is 4.68 Å². The van der Waals surface area contributed by atoms with Gasteiger partial charge in [0, 0.05) is 32.3 Å². The minimum atomic E-state index is -0.601. The van der Waals surface area contributed by atoms with Crippen molar-refractivity contribution in [1.29, 1.82) is 0 Å². The molecule has 4 aromatic heterocycles. The first kappa shape index (κ1) is 33.0. The number of H-pyrrole nitrogens is 1. The summed E-state index contributed by atoms with van der Waals surface area (Å²) in [5, 5.41) is 13.2. The maximum atomic E-state index is 12.4. The number of aromatic nitrogens is 8. The Bertz CT molecular complexity index is 2360. The zero-order valence-electron chi connectivity index (χ0n) is 28.9. The van der Waals surface area contributed by atoms with Gasteiger partial charge in [0.25, 0.3) is 0 Å². The van der Waals surface area contributed by atoms with E-state index in [9.17, 15) is 14.4 Å². The first-order chi connectivity index (χ1) is 23.6. The van der Waals surface area contributed by atoms with Crippen LogP contribution in [0.1, 0.15) is 70.9 Å². The molecule has 8 rings (SSSR count). The first-order valence-corrected chi connectivity index (χ1v) is 16.5. The Morgan fingerprint density at radius 1 is 0.880 bits per heavy atom. The van der Waals surface area contributed by atoms with Crippen molar-refractivity contribution in [3.05, 3.63) is 69.1 Å². The summed E-state index contributed by atoms with van der Waals surface area (Å²) >= 11 is 0. The first-order valence-electron chi connectivity index (χ1n) is 16.5. The number of hydrogen-bond donors (Lipinski definition) is 3. The minimum absolute atomic E-state index is 0.222. The lowest BCUT2D eigenvalue weighted by molar-refractivity contribution is 0.0362. The molecule has 1 amide bonds. The molecule has 50 heavy (non-hydrogen) atoms. The van der Waals surface area contributed by atoms with Crippen LogP contribution < -0.4 is 22.6 Å². The van der Waals surface area contributed by atoms with Crippen LogP contribution in [0.2, 0.25) is 0 Å². The molecule has 0 saturated heterocycles. The van der Waals surface area contributed by atoms with E-state index in [0.717, 1.165) is 77.8 Å². The van der Waals surface area contributed by atoms with Gasteiger partial charge in [-0.1, -0.05) is 0 Å². The van der Waals surface area contributed by atoms with Crippen molar-refractivity contribution in [1.82, 2.24) is 44.4 Å². The molecular weight excluding hydrogens is 644 g/mol. The maximum Gasteiger partial charge on any atom is 0.437 e. The van der Waals surface area contributed by atoms with E-state index < -0.39 is 28.7 Å². The molecule has 4 heterocycles. The number of imidazole rings is 2. The molecule has 262 valence electrons. The number of benzene rings is 2. The van der Waals surface area contributed by atoms with Gasteiger partial charge in [-0.3, -0.25) is 0 Å². The summed E-state index contributed by atoms with van der Waals surface area (Å²) in [6.07, 6.45) is 5.22. The summed E-state index contributed by atoms with van der Waals surface area (Å²) in [7, 11) is 5.44. The van der Waals surface area contributed by atoms with Crippen LogP contribution in [0.25, 0.3) is 45.0 Å². The number of aryl methyl sites for hydroxylation is 3. The third-order valence-electron chi connectivity index (χ3n) is 9.45. The number of nitrogens with zero attached hydrogens (tertiary/aromatic N) is 7. The molecule has 2 saturated carbocycles. The second kappa shape index (κ2) is 11.8. The van der Waals surface area contributed by atoms with E-state index in [1.54, 1.807) is 13.1 Å². The summed E-state index contributed by atoms with van der Waals surface area (Å²) < 4.78 is 20.8. The Labute approximate surface area is 285 Å². The lowest BCUT2D eigenvalue weighted by Crippen LogP contribution is -2.53. The lowest BCUT2D eigenvalue weighted by atomic mass is 9.76. The number of alkyl carbamates (subject to hydrolysis) is 1. The van der Waals surface area contributed by atoms with Gasteiger partial charge in [-0.15, -0.1) is 10.2 Å². The molecule has 2 aliphatic rings. The van der Waals surface area contributed by atoms with Crippen molar-refractivity contribution in [2.45, 2.75) is 76.0 Å². The van der Waals surface area contributed by atoms with Crippen LogP contribution in [0.4, 0.5) is 4.79 Å². The molecule has 0 aliphatic heterocycles. The van der Waals surface area contributed by atoms with Gasteiger partial charge < -0.3 is 33.8 Å². The highest BCUT2D eigenvalue weighted by molar-refractivity contribution is 5.82. The van der Waals surface area contributed by atoms with Crippen LogP contribution in [0.5, 0.6) is 0 Å². The number of hydrogen-bond acceptors (Lipinski definition) is 11. The molecule has 0 unspecified atom stereocenters. The Balaban J connectivity index is 0.000000161. The molecule has 0 bridgehead atoms. The standard InChI is InChI=1S/C19H23N5O4.C15H17N5O2/c1-18(2,3)28-16(25)21-19(8-5-9-19)15-20-12-7-6-11(10-13(12)24(15)4)14-22-23-17(26)27-14;1-19-11-8-9(12-18-20(2)14(21)22-12)4-5-10(11)17-13(19)15(16)6-3-7-15/h6-7,10H,5,8-9H2,1-4H3,(H,21,25)(H,23,26);4-5,8H,3,6-7,16H2,1-2H3. The zero-order chi connectivity index (χ0) is 35.6. The highest BCUT2D eigenvalue weighted by Crippen LogP contribution is 2.42. The van der Waals surface area contributed by atoms with Crippen molar-refractivity contribution in [3.8, 4) is 22.9 Å². The predicted octanol–water partition coefficient (Wildman–Crippen LogP) is 4.09. The van der Waals surface area contributed by atoms with Crippen LogP contribution in [0, 0.1) is 0 Å². The van der Waals surface area contributed by atoms with Crippen LogP contribution in [0.15, 0.2) is 54.8 Å². The molecule has 4 N–H and O–H groups in total. The third kappa shape index (κ3) is 5.88. The largest absolute Gasteiger partial charge is 0.444 e. The quantitative estimate of drug-likeness (QED) is 0.236. The van der Waals surface area contributed by atoms with Gasteiger partial charge in [0.2, 0.25) is 11.8 Å². The molecule has 6 aromatic rings. The second-order valence-corrected chi connectivity index (χ2v) is 14.2. The van der Waals surface area contributed by atoms with Crippen molar-refractivity contribution in [3.63, 3.8) is 0 Å². The number of carbonyl (C=O) groups is 1. The fraction of sp³-hybridized carbons (Fsp3) is 0.441. The summed E-state index contributed by atoms with van der Waals surface area (Å²) in [5.74, 6) is 1.14. The van der Waals surface area contributed by atoms with E-state index in [1.807, 2.05) is 74.3 Å². The van der Waals surface area contributed by atoms with Crippen LogP contribution >= 0.6 is 0 Å². The average Bonchev–Trinajstić information content (AvgIpc) is 3.78. The predicted molar refractivity (Wildman–Crippen MR) is 183 cm³/mol. The van der Waals surface area contributed by atoms with E-state index in [4.69, 9.17) is 24.3 Å². The van der Waals surface area contributed by atoms with Crippen molar-refractivity contribution in [2.24, 2.45) is 26.9 Å². The molecule has 2 fully saturated rings. The summed E-state index contributed by atoms with van der Waals surface area (Å²) in [6, 6.07) is 11.2. The smallest absolute Gasteiger partial charge is 0.437 e. The maximum absolute atomic E-state index is 12.4. The SMILES string of the molecule is Cn1c(C2(NC(=O)OC(C)(C)C)CCC2)nc2ccc(-c3n[nH]c(=O)o3)cc21.Cn1nc(-c2ccc3nc(C4(N)CCC4)n(C)c3c2)oc1=O. The Morgan fingerprint density at radius 3 is 1.94 bits per heavy atom. The average molecular weight is 685 g/mol. The molecule has 0 spiro atoms. The second-order valence-electron chi connectivity index (χ2n) is 14.2. The van der Waals surface area contributed by atoms with Crippen molar-refractivity contribution in [2.75, 3.05) is 0 Å². The van der Waals surface area contributed by atoms with Crippen LogP contribution in [-0.2, 0) is 37.0 Å². The van der Waals surface area contributed by atoms with Gasteiger partial charge in [0.05, 0.1) is 27.6 Å². The lowest BCUT2D eigenvalue weighted by Gasteiger charge is -2.41. The van der Waals surface area contributed by atoms with E-state index in [2.05, 4.69) is 25.6 Å². The number of rotatable bonds is 5. The van der Waals surface area contributed by atoms with Crippen LogP contribution in [-0.4, -0.2) is 50.8 Å². The van der Waals surface area contributed by atoms with Gasteiger partial charge in [-0.05, 0) is 95.7 Å². The molecule has 16 nitrogen and oxygen atoms in total. The number of ether oxygens (including phenoxy) is 1. The molecule has 2 aliphatic carbocycles. The zero-order valence-corrected chi connectivity index (χ0v) is 28.9. The Morgan fingerprint density at radius 2 is 1.46 bits per heavy atom. The summed E-state index contributed by atoms with van der Waals surface area (Å²) in [6.45, 7) is 5.51. The summed E-state index contributed by atoms with van der Waals surface area (Å²) in [4.78, 5) is 44.5. The van der Waals surface area contributed by atoms with Gasteiger partial charge >= 0.3 is 17.6 Å². The molecule has 0 atom stereocenters. The number of amides is 1. The topological polar surface area (TPSA) is 207 Å². The molecule has 0 radical (unpaired) electrons. The van der Waals surface area contributed by atoms with Crippen LogP contribution in [0.3, 0.4) is 0 Å². The Hall–Kier alpha value is -5.51. The molecular formula is C34H40N10O6. The van der Waals surface area contributed by atoms with Gasteiger partial charge in [0.15, 0.2) is 0 Å². The minimum Gasteiger partial charge on any atom is -0.444 e. The highest BCUT2D eigenvalue weighted by atomic mass is 16.6. The molecule has 16 heteroatoms. The van der Waals surface area contributed by atoms with Gasteiger partial charge in [0.1, 0.15) is 22.8 Å². The van der Waals surface area contributed by atoms with Crippen molar-refractivity contribution < 1.29 is 18.4 Å². The normalized spacial score (nSPS) is 16.4. The molecule has 2 aromatic carbocycles. The third-order valence-corrected chi connectivity index (χ3v) is 9.45. The number of nitrogens with one attached hydrogen (secondary N) is 2. The van der Waals surface area contributed by atoms with Crippen molar-refractivity contribution >= 4 is 28.2 Å². The number of nitrogens with two attached hydrogens (primary N) is 1. The van der Waals surface area contributed by atoms with Gasteiger partial charge in [-0.25, -0.2) is 29.5 Å². The fourth-order valence-electron chi connectivity index (χ4n) is 6.55. The number of fused-ring (bicyclic) bond motifs is 2.